The van der Waals surface area contributed by atoms with E-state index in [0.29, 0.717) is 12.1 Å². The second-order valence-electron chi connectivity index (χ2n) is 4.83. The molecule has 0 saturated heterocycles. The Morgan fingerprint density at radius 2 is 1.76 bits per heavy atom. The summed E-state index contributed by atoms with van der Waals surface area (Å²) in [6.07, 6.45) is 2.26. The summed E-state index contributed by atoms with van der Waals surface area (Å²) in [5, 5.41) is 8.63. The van der Waals surface area contributed by atoms with Crippen LogP contribution in [0.25, 0.3) is 5.69 Å². The highest BCUT2D eigenvalue weighted by molar-refractivity contribution is 5.28. The number of aromatic nitrogens is 3. The SMILES string of the molecule is NC(Cc1ccc(F)cc1)c1cnn(-c2ccccc2)n1. The highest BCUT2D eigenvalue weighted by Crippen LogP contribution is 2.15. The predicted octanol–water partition coefficient (Wildman–Crippen LogP) is 2.65. The van der Waals surface area contributed by atoms with Crippen LogP contribution in [-0.4, -0.2) is 15.0 Å². The Morgan fingerprint density at radius 1 is 1.05 bits per heavy atom. The van der Waals surface area contributed by atoms with E-state index < -0.39 is 0 Å². The summed E-state index contributed by atoms with van der Waals surface area (Å²) in [5.41, 5.74) is 8.72. The molecular weight excluding hydrogens is 267 g/mol. The number of halogens is 1. The van der Waals surface area contributed by atoms with E-state index in [1.165, 1.54) is 12.1 Å². The number of para-hydroxylation sites is 1. The molecule has 106 valence electrons. The van der Waals surface area contributed by atoms with Crippen LogP contribution in [0.5, 0.6) is 0 Å². The van der Waals surface area contributed by atoms with Crippen LogP contribution in [0.15, 0.2) is 60.8 Å². The Balaban J connectivity index is 1.75. The molecule has 1 unspecified atom stereocenters. The Labute approximate surface area is 122 Å². The normalized spacial score (nSPS) is 12.3. The zero-order valence-electron chi connectivity index (χ0n) is 11.4. The Morgan fingerprint density at radius 3 is 2.48 bits per heavy atom. The van der Waals surface area contributed by atoms with E-state index in [2.05, 4.69) is 10.2 Å². The van der Waals surface area contributed by atoms with Gasteiger partial charge in [0, 0.05) is 0 Å². The molecule has 0 aliphatic heterocycles. The molecule has 0 radical (unpaired) electrons. The molecule has 21 heavy (non-hydrogen) atoms. The summed E-state index contributed by atoms with van der Waals surface area (Å²) in [6, 6.07) is 15.7. The Hall–Kier alpha value is -2.53. The van der Waals surface area contributed by atoms with Crippen LogP contribution in [0, 0.1) is 5.82 Å². The molecule has 2 N–H and O–H groups in total. The first-order chi connectivity index (χ1) is 10.2. The third-order valence-corrected chi connectivity index (χ3v) is 3.25. The fourth-order valence-electron chi connectivity index (χ4n) is 2.11. The third kappa shape index (κ3) is 3.14. The lowest BCUT2D eigenvalue weighted by Crippen LogP contribution is -2.14. The molecule has 1 heterocycles. The van der Waals surface area contributed by atoms with E-state index in [1.807, 2.05) is 30.3 Å². The molecule has 3 rings (SSSR count). The standard InChI is InChI=1S/C16H15FN4/c17-13-8-6-12(7-9-13)10-15(18)16-11-19-21(20-16)14-4-2-1-3-5-14/h1-9,11,15H,10,18H2. The van der Waals surface area contributed by atoms with Crippen LogP contribution in [-0.2, 0) is 6.42 Å². The molecule has 5 heteroatoms. The van der Waals surface area contributed by atoms with Crippen molar-refractivity contribution in [2.75, 3.05) is 0 Å². The molecule has 0 aliphatic rings. The molecule has 0 fully saturated rings. The van der Waals surface area contributed by atoms with Crippen LogP contribution in [0.3, 0.4) is 0 Å². The van der Waals surface area contributed by atoms with Gasteiger partial charge >= 0.3 is 0 Å². The van der Waals surface area contributed by atoms with Crippen LogP contribution in [0.4, 0.5) is 4.39 Å². The largest absolute Gasteiger partial charge is 0.322 e. The number of nitrogens with two attached hydrogens (primary N) is 1. The van der Waals surface area contributed by atoms with Crippen molar-refractivity contribution in [2.24, 2.45) is 5.73 Å². The first-order valence-corrected chi connectivity index (χ1v) is 6.70. The summed E-state index contributed by atoms with van der Waals surface area (Å²) in [4.78, 5) is 1.56. The van der Waals surface area contributed by atoms with E-state index >= 15 is 0 Å². The van der Waals surface area contributed by atoms with Gasteiger partial charge in [0.05, 0.1) is 17.9 Å². The van der Waals surface area contributed by atoms with Crippen molar-refractivity contribution in [3.63, 3.8) is 0 Å². The van der Waals surface area contributed by atoms with Gasteiger partial charge in [-0.3, -0.25) is 0 Å². The zero-order chi connectivity index (χ0) is 14.7. The molecule has 0 amide bonds. The maximum absolute atomic E-state index is 12.9. The van der Waals surface area contributed by atoms with Gasteiger partial charge in [0.25, 0.3) is 0 Å². The molecule has 4 nitrogen and oxygen atoms in total. The van der Waals surface area contributed by atoms with Crippen LogP contribution >= 0.6 is 0 Å². The molecule has 0 saturated carbocycles. The minimum Gasteiger partial charge on any atom is -0.322 e. The molecule has 0 bridgehead atoms. The summed E-state index contributed by atoms with van der Waals surface area (Å²) >= 11 is 0. The van der Waals surface area contributed by atoms with Crippen molar-refractivity contribution in [1.29, 1.82) is 0 Å². The van der Waals surface area contributed by atoms with Gasteiger partial charge in [0.15, 0.2) is 0 Å². The molecule has 1 atom stereocenters. The van der Waals surface area contributed by atoms with Crippen LogP contribution < -0.4 is 5.73 Å². The minimum absolute atomic E-state index is 0.248. The van der Waals surface area contributed by atoms with E-state index in [-0.39, 0.29) is 11.9 Å². The van der Waals surface area contributed by atoms with Crippen molar-refractivity contribution >= 4 is 0 Å². The maximum Gasteiger partial charge on any atom is 0.123 e. The summed E-state index contributed by atoms with van der Waals surface area (Å²) in [5.74, 6) is -0.248. The Kier molecular flexibility index (Phi) is 3.75. The molecular formula is C16H15FN4. The van der Waals surface area contributed by atoms with Gasteiger partial charge in [-0.05, 0) is 36.2 Å². The third-order valence-electron chi connectivity index (χ3n) is 3.25. The average Bonchev–Trinajstić information content (AvgIpc) is 3.00. The lowest BCUT2D eigenvalue weighted by atomic mass is 10.0. The van der Waals surface area contributed by atoms with Gasteiger partial charge in [-0.25, -0.2) is 4.39 Å². The number of nitrogens with zero attached hydrogens (tertiary/aromatic N) is 3. The van der Waals surface area contributed by atoms with E-state index in [1.54, 1.807) is 23.1 Å². The highest BCUT2D eigenvalue weighted by atomic mass is 19.1. The van der Waals surface area contributed by atoms with Crippen molar-refractivity contribution in [3.8, 4) is 5.69 Å². The number of hydrogen-bond donors (Lipinski definition) is 1. The molecule has 2 aromatic carbocycles. The van der Waals surface area contributed by atoms with Gasteiger partial charge in [0.2, 0.25) is 0 Å². The smallest absolute Gasteiger partial charge is 0.123 e. The van der Waals surface area contributed by atoms with Gasteiger partial charge in [-0.2, -0.15) is 15.0 Å². The molecule has 3 aromatic rings. The zero-order valence-corrected chi connectivity index (χ0v) is 11.4. The number of benzene rings is 2. The fourth-order valence-corrected chi connectivity index (χ4v) is 2.11. The highest BCUT2D eigenvalue weighted by Gasteiger charge is 2.12. The maximum atomic E-state index is 12.9. The topological polar surface area (TPSA) is 56.7 Å². The second-order valence-corrected chi connectivity index (χ2v) is 4.83. The molecule has 0 spiro atoms. The summed E-state index contributed by atoms with van der Waals surface area (Å²) in [6.45, 7) is 0. The van der Waals surface area contributed by atoms with Crippen molar-refractivity contribution in [3.05, 3.63) is 77.9 Å². The Bertz CT molecular complexity index is 707. The average molecular weight is 282 g/mol. The first kappa shape index (κ1) is 13.5. The molecule has 0 aliphatic carbocycles. The van der Waals surface area contributed by atoms with Gasteiger partial charge in [0.1, 0.15) is 11.5 Å². The molecule has 1 aromatic heterocycles. The van der Waals surface area contributed by atoms with Crippen molar-refractivity contribution in [2.45, 2.75) is 12.5 Å². The van der Waals surface area contributed by atoms with E-state index in [0.717, 1.165) is 11.3 Å². The lowest BCUT2D eigenvalue weighted by molar-refractivity contribution is 0.624. The van der Waals surface area contributed by atoms with E-state index in [9.17, 15) is 4.39 Å². The van der Waals surface area contributed by atoms with Crippen molar-refractivity contribution < 1.29 is 4.39 Å². The quantitative estimate of drug-likeness (QED) is 0.800. The first-order valence-electron chi connectivity index (χ1n) is 6.70. The van der Waals surface area contributed by atoms with Gasteiger partial charge in [-0.15, -0.1) is 0 Å². The minimum atomic E-state index is -0.270. The van der Waals surface area contributed by atoms with Gasteiger partial charge < -0.3 is 5.73 Å². The monoisotopic (exact) mass is 282 g/mol. The predicted molar refractivity (Wildman–Crippen MR) is 78.4 cm³/mol. The number of rotatable bonds is 4. The summed E-state index contributed by atoms with van der Waals surface area (Å²) in [7, 11) is 0. The van der Waals surface area contributed by atoms with Crippen LogP contribution in [0.2, 0.25) is 0 Å². The second kappa shape index (κ2) is 5.85. The fraction of sp³-hybridized carbons (Fsp3) is 0.125. The number of hydrogen-bond acceptors (Lipinski definition) is 3. The summed E-state index contributed by atoms with van der Waals surface area (Å²) < 4.78 is 12.9. The lowest BCUT2D eigenvalue weighted by Gasteiger charge is -2.08. The van der Waals surface area contributed by atoms with Crippen LogP contribution in [0.1, 0.15) is 17.3 Å². The van der Waals surface area contributed by atoms with Crippen molar-refractivity contribution in [1.82, 2.24) is 15.0 Å². The van der Waals surface area contributed by atoms with E-state index in [4.69, 9.17) is 5.73 Å². The van der Waals surface area contributed by atoms with Gasteiger partial charge in [-0.1, -0.05) is 30.3 Å².